The van der Waals surface area contributed by atoms with Crippen molar-refractivity contribution in [3.63, 3.8) is 0 Å². The van der Waals surface area contributed by atoms with Gasteiger partial charge in [-0.2, -0.15) is 0 Å². The fourth-order valence-corrected chi connectivity index (χ4v) is 2.35. The van der Waals surface area contributed by atoms with Crippen LogP contribution in [0.1, 0.15) is 17.5 Å². The van der Waals surface area contributed by atoms with Gasteiger partial charge in [-0.05, 0) is 37.3 Å². The van der Waals surface area contributed by atoms with Crippen LogP contribution in [0.25, 0.3) is 10.9 Å². The van der Waals surface area contributed by atoms with E-state index < -0.39 is 5.97 Å². The van der Waals surface area contributed by atoms with E-state index in [-0.39, 0.29) is 12.4 Å². The van der Waals surface area contributed by atoms with E-state index in [4.69, 9.17) is 16.3 Å². The van der Waals surface area contributed by atoms with Crippen molar-refractivity contribution in [3.05, 3.63) is 59.4 Å². The van der Waals surface area contributed by atoms with Crippen LogP contribution < -0.4 is 5.32 Å². The molecule has 6 heteroatoms. The zero-order valence-electron chi connectivity index (χ0n) is 12.4. The van der Waals surface area contributed by atoms with Gasteiger partial charge in [-0.3, -0.25) is 0 Å². The van der Waals surface area contributed by atoms with Crippen molar-refractivity contribution >= 4 is 40.0 Å². The zero-order chi connectivity index (χ0) is 16.2. The van der Waals surface area contributed by atoms with E-state index in [1.165, 1.54) is 0 Å². The molecule has 0 saturated carbocycles. The number of hydrogen-bond donors (Lipinski definition) is 1. The van der Waals surface area contributed by atoms with E-state index >= 15 is 0 Å². The number of halogens is 1. The van der Waals surface area contributed by atoms with Gasteiger partial charge in [-0.1, -0.05) is 29.8 Å². The molecular weight excluding hydrogens is 314 g/mol. The van der Waals surface area contributed by atoms with Crippen LogP contribution in [-0.4, -0.2) is 22.5 Å². The molecule has 3 aromatic rings. The van der Waals surface area contributed by atoms with Gasteiger partial charge in [0, 0.05) is 16.1 Å². The minimum Gasteiger partial charge on any atom is -0.460 e. The van der Waals surface area contributed by atoms with Crippen LogP contribution in [0.5, 0.6) is 0 Å². The van der Waals surface area contributed by atoms with E-state index in [9.17, 15) is 4.79 Å². The molecule has 0 bridgehead atoms. The predicted octanol–water partition coefficient (Wildman–Crippen LogP) is 4.20. The molecule has 5 nitrogen and oxygen atoms in total. The molecule has 0 aliphatic carbocycles. The highest BCUT2D eigenvalue weighted by Gasteiger charge is 2.15. The number of anilines is 2. The average molecular weight is 328 g/mol. The molecule has 0 amide bonds. The van der Waals surface area contributed by atoms with E-state index in [0.29, 0.717) is 16.4 Å². The number of hydrogen-bond acceptors (Lipinski definition) is 5. The van der Waals surface area contributed by atoms with Crippen LogP contribution in [0.2, 0.25) is 5.02 Å². The first-order valence-electron chi connectivity index (χ1n) is 7.14. The highest BCUT2D eigenvalue weighted by Crippen LogP contribution is 2.25. The summed E-state index contributed by atoms with van der Waals surface area (Å²) in [6, 6.07) is 14.7. The molecule has 0 saturated heterocycles. The third-order valence-electron chi connectivity index (χ3n) is 3.15. The number of esters is 1. The van der Waals surface area contributed by atoms with Crippen molar-refractivity contribution in [2.75, 3.05) is 11.9 Å². The molecule has 0 atom stereocenters. The number of rotatable bonds is 4. The van der Waals surface area contributed by atoms with Crippen molar-refractivity contribution in [2.24, 2.45) is 0 Å². The first kappa shape index (κ1) is 15.2. The number of carbonyl (C=O) groups excluding carboxylic acids is 1. The second-order valence-electron chi connectivity index (χ2n) is 4.77. The molecule has 2 aromatic carbocycles. The predicted molar refractivity (Wildman–Crippen MR) is 90.2 cm³/mol. The van der Waals surface area contributed by atoms with Gasteiger partial charge in [0.05, 0.1) is 12.1 Å². The van der Waals surface area contributed by atoms with Crippen LogP contribution in [-0.2, 0) is 4.74 Å². The summed E-state index contributed by atoms with van der Waals surface area (Å²) in [6.45, 7) is 2.01. The normalized spacial score (nSPS) is 10.5. The van der Waals surface area contributed by atoms with Crippen molar-refractivity contribution in [3.8, 4) is 0 Å². The SMILES string of the molecule is CCOC(=O)c1nc(Nc2cccc(Cl)c2)c2ccccc2n1. The van der Waals surface area contributed by atoms with E-state index in [1.807, 2.05) is 36.4 Å². The fraction of sp³-hybridized carbons (Fsp3) is 0.118. The summed E-state index contributed by atoms with van der Waals surface area (Å²) in [5, 5.41) is 4.60. The maximum atomic E-state index is 12.0. The summed E-state index contributed by atoms with van der Waals surface area (Å²) in [5.74, 6) is 0.00314. The van der Waals surface area contributed by atoms with Gasteiger partial charge in [-0.25, -0.2) is 14.8 Å². The number of carbonyl (C=O) groups is 1. The third kappa shape index (κ3) is 3.40. The quantitative estimate of drug-likeness (QED) is 0.727. The van der Waals surface area contributed by atoms with Crippen molar-refractivity contribution in [1.29, 1.82) is 0 Å². The number of nitrogens with one attached hydrogen (secondary N) is 1. The Balaban J connectivity index is 2.08. The van der Waals surface area contributed by atoms with E-state index in [0.717, 1.165) is 11.1 Å². The monoisotopic (exact) mass is 327 g/mol. The summed E-state index contributed by atoms with van der Waals surface area (Å²) in [4.78, 5) is 20.5. The number of benzene rings is 2. The first-order chi connectivity index (χ1) is 11.2. The van der Waals surface area contributed by atoms with E-state index in [2.05, 4.69) is 15.3 Å². The van der Waals surface area contributed by atoms with Gasteiger partial charge in [0.25, 0.3) is 0 Å². The number of para-hydroxylation sites is 1. The summed E-state index contributed by atoms with van der Waals surface area (Å²) >= 11 is 6.01. The Morgan fingerprint density at radius 2 is 2.00 bits per heavy atom. The number of ether oxygens (including phenoxy) is 1. The van der Waals surface area contributed by atoms with Crippen LogP contribution in [0.3, 0.4) is 0 Å². The molecule has 0 radical (unpaired) electrons. The maximum Gasteiger partial charge on any atom is 0.376 e. The summed E-state index contributed by atoms with van der Waals surface area (Å²) in [7, 11) is 0. The third-order valence-corrected chi connectivity index (χ3v) is 3.38. The minimum absolute atomic E-state index is 0.0232. The smallest absolute Gasteiger partial charge is 0.376 e. The van der Waals surface area contributed by atoms with Crippen LogP contribution >= 0.6 is 11.6 Å². The zero-order valence-corrected chi connectivity index (χ0v) is 13.2. The van der Waals surface area contributed by atoms with E-state index in [1.54, 1.807) is 19.1 Å². The Morgan fingerprint density at radius 3 is 2.78 bits per heavy atom. The summed E-state index contributed by atoms with van der Waals surface area (Å²) in [5.41, 5.74) is 1.44. The molecule has 0 unspecified atom stereocenters. The number of fused-ring (bicyclic) bond motifs is 1. The lowest BCUT2D eigenvalue weighted by atomic mass is 10.2. The molecule has 0 spiro atoms. The highest BCUT2D eigenvalue weighted by molar-refractivity contribution is 6.30. The lowest BCUT2D eigenvalue weighted by Gasteiger charge is -2.10. The van der Waals surface area contributed by atoms with Gasteiger partial charge >= 0.3 is 5.97 Å². The van der Waals surface area contributed by atoms with Crippen LogP contribution in [0, 0.1) is 0 Å². The maximum absolute atomic E-state index is 12.0. The molecule has 3 rings (SSSR count). The summed E-state index contributed by atoms with van der Waals surface area (Å²) < 4.78 is 4.99. The molecule has 0 aliphatic rings. The van der Waals surface area contributed by atoms with Gasteiger partial charge in [0.1, 0.15) is 5.82 Å². The molecule has 0 fully saturated rings. The Bertz CT molecular complexity index is 867. The fourth-order valence-electron chi connectivity index (χ4n) is 2.16. The lowest BCUT2D eigenvalue weighted by Crippen LogP contribution is -2.11. The van der Waals surface area contributed by atoms with Gasteiger partial charge in [0.15, 0.2) is 0 Å². The Labute approximate surface area is 138 Å². The second kappa shape index (κ2) is 6.62. The van der Waals surface area contributed by atoms with Crippen LogP contribution in [0.15, 0.2) is 48.5 Å². The van der Waals surface area contributed by atoms with Crippen LogP contribution in [0.4, 0.5) is 11.5 Å². The largest absolute Gasteiger partial charge is 0.460 e. The Hall–Kier alpha value is -2.66. The molecule has 1 N–H and O–H groups in total. The Kier molecular flexibility index (Phi) is 4.39. The summed E-state index contributed by atoms with van der Waals surface area (Å²) in [6.07, 6.45) is 0. The van der Waals surface area contributed by atoms with Gasteiger partial charge in [0.2, 0.25) is 5.82 Å². The second-order valence-corrected chi connectivity index (χ2v) is 5.21. The lowest BCUT2D eigenvalue weighted by molar-refractivity contribution is 0.0512. The topological polar surface area (TPSA) is 64.1 Å². The molecule has 1 aromatic heterocycles. The molecule has 0 aliphatic heterocycles. The number of nitrogens with zero attached hydrogens (tertiary/aromatic N) is 2. The van der Waals surface area contributed by atoms with Crippen molar-refractivity contribution < 1.29 is 9.53 Å². The first-order valence-corrected chi connectivity index (χ1v) is 7.51. The highest BCUT2D eigenvalue weighted by atomic mass is 35.5. The molecule has 1 heterocycles. The minimum atomic E-state index is -0.549. The molecule has 116 valence electrons. The Morgan fingerprint density at radius 1 is 1.17 bits per heavy atom. The van der Waals surface area contributed by atoms with Crippen molar-refractivity contribution in [2.45, 2.75) is 6.92 Å². The number of aromatic nitrogens is 2. The molecular formula is C17H14ClN3O2. The average Bonchev–Trinajstić information content (AvgIpc) is 2.55. The molecule has 23 heavy (non-hydrogen) atoms. The van der Waals surface area contributed by atoms with Gasteiger partial charge in [-0.15, -0.1) is 0 Å². The standard InChI is InChI=1S/C17H14ClN3O2/c1-2-23-17(22)16-20-14-9-4-3-8-13(14)15(21-16)19-12-7-5-6-11(18)10-12/h3-10H,2H2,1H3,(H,19,20,21). The van der Waals surface area contributed by atoms with Crippen molar-refractivity contribution in [1.82, 2.24) is 9.97 Å². The van der Waals surface area contributed by atoms with Gasteiger partial charge < -0.3 is 10.1 Å².